The van der Waals surface area contributed by atoms with Gasteiger partial charge in [-0.25, -0.2) is 9.59 Å². The predicted octanol–water partition coefficient (Wildman–Crippen LogP) is 4.01. The summed E-state index contributed by atoms with van der Waals surface area (Å²) in [5, 5.41) is 0. The van der Waals surface area contributed by atoms with Crippen LogP contribution in [-0.4, -0.2) is 31.8 Å². The van der Waals surface area contributed by atoms with E-state index in [-0.39, 0.29) is 19.8 Å². The Hall–Kier alpha value is -2.56. The number of benzene rings is 1. The first-order chi connectivity index (χ1) is 12.2. The largest absolute Gasteiger partial charge is 0.493 e. The second-order valence-corrected chi connectivity index (χ2v) is 6.67. The van der Waals surface area contributed by atoms with Crippen LogP contribution in [0.2, 0.25) is 0 Å². The Morgan fingerprint density at radius 1 is 0.923 bits per heavy atom. The van der Waals surface area contributed by atoms with Crippen molar-refractivity contribution in [1.82, 2.24) is 0 Å². The number of hydrogen-bond acceptors (Lipinski definition) is 5. The highest BCUT2D eigenvalue weighted by Gasteiger charge is 2.33. The van der Waals surface area contributed by atoms with Crippen LogP contribution in [0.25, 0.3) is 0 Å². The van der Waals surface area contributed by atoms with Crippen molar-refractivity contribution in [2.45, 2.75) is 34.1 Å². The minimum atomic E-state index is -0.666. The molecule has 0 N–H and O–H groups in total. The van der Waals surface area contributed by atoms with E-state index < -0.39 is 17.4 Å². The maximum Gasteiger partial charge on any atom is 0.333 e. The van der Waals surface area contributed by atoms with Gasteiger partial charge in [-0.3, -0.25) is 0 Å². The summed E-state index contributed by atoms with van der Waals surface area (Å²) in [6.07, 6.45) is 0.589. The zero-order valence-electron chi connectivity index (χ0n) is 16.1. The summed E-state index contributed by atoms with van der Waals surface area (Å²) in [4.78, 5) is 23.6. The van der Waals surface area contributed by atoms with E-state index in [9.17, 15) is 9.59 Å². The van der Waals surface area contributed by atoms with Crippen molar-refractivity contribution < 1.29 is 23.8 Å². The summed E-state index contributed by atoms with van der Waals surface area (Å²) >= 11 is 0. The number of aryl methyl sites for hydroxylation is 1. The molecular formula is C21H28O5. The molecule has 0 heterocycles. The van der Waals surface area contributed by atoms with Crippen LogP contribution in [0.15, 0.2) is 48.6 Å². The topological polar surface area (TPSA) is 61.8 Å². The SMILES string of the molecule is C=C(C)C(=O)OCC(CC)(COC(=O)C(=C)C)COc1ccc(C)cc1. The van der Waals surface area contributed by atoms with Crippen LogP contribution >= 0.6 is 0 Å². The van der Waals surface area contributed by atoms with Crippen molar-refractivity contribution in [2.24, 2.45) is 5.41 Å². The molecule has 1 aromatic rings. The lowest BCUT2D eigenvalue weighted by Gasteiger charge is -2.31. The van der Waals surface area contributed by atoms with Gasteiger partial charge in [0.05, 0.1) is 5.41 Å². The highest BCUT2D eigenvalue weighted by Crippen LogP contribution is 2.26. The molecule has 0 saturated heterocycles. The molecule has 0 fully saturated rings. The highest BCUT2D eigenvalue weighted by atomic mass is 16.6. The number of esters is 2. The van der Waals surface area contributed by atoms with E-state index in [1.54, 1.807) is 13.8 Å². The van der Waals surface area contributed by atoms with Crippen molar-refractivity contribution in [2.75, 3.05) is 19.8 Å². The predicted molar refractivity (Wildman–Crippen MR) is 101 cm³/mol. The van der Waals surface area contributed by atoms with Crippen LogP contribution in [-0.2, 0) is 19.1 Å². The normalized spacial score (nSPS) is 10.8. The molecule has 1 aromatic carbocycles. The van der Waals surface area contributed by atoms with Crippen LogP contribution < -0.4 is 4.74 Å². The number of rotatable bonds is 10. The van der Waals surface area contributed by atoms with Gasteiger partial charge < -0.3 is 14.2 Å². The van der Waals surface area contributed by atoms with Crippen LogP contribution in [0.4, 0.5) is 0 Å². The van der Waals surface area contributed by atoms with Gasteiger partial charge in [-0.1, -0.05) is 37.8 Å². The number of ether oxygens (including phenoxy) is 3. The first-order valence-electron chi connectivity index (χ1n) is 8.54. The number of carbonyl (C=O) groups is 2. The van der Waals surface area contributed by atoms with Gasteiger partial charge in [0, 0.05) is 11.1 Å². The molecule has 5 heteroatoms. The molecule has 0 radical (unpaired) electrons. The quantitative estimate of drug-likeness (QED) is 0.466. The van der Waals surface area contributed by atoms with Crippen molar-refractivity contribution in [3.05, 3.63) is 54.1 Å². The second kappa shape index (κ2) is 9.80. The third-order valence-electron chi connectivity index (χ3n) is 4.03. The fraction of sp³-hybridized carbons (Fsp3) is 0.429. The highest BCUT2D eigenvalue weighted by molar-refractivity contribution is 5.87. The zero-order valence-corrected chi connectivity index (χ0v) is 16.1. The first-order valence-corrected chi connectivity index (χ1v) is 8.54. The molecule has 0 saturated carbocycles. The van der Waals surface area contributed by atoms with Gasteiger partial charge in [-0.2, -0.15) is 0 Å². The van der Waals surface area contributed by atoms with Gasteiger partial charge in [0.2, 0.25) is 0 Å². The number of carbonyl (C=O) groups excluding carboxylic acids is 2. The molecule has 1 rings (SSSR count). The summed E-state index contributed by atoms with van der Waals surface area (Å²) < 4.78 is 16.5. The summed E-state index contributed by atoms with van der Waals surface area (Å²) in [5.41, 5.74) is 1.09. The van der Waals surface area contributed by atoms with E-state index in [0.29, 0.717) is 23.3 Å². The molecule has 142 valence electrons. The van der Waals surface area contributed by atoms with E-state index >= 15 is 0 Å². The Balaban J connectivity index is 2.86. The van der Waals surface area contributed by atoms with Crippen LogP contribution in [0.5, 0.6) is 5.75 Å². The molecule has 0 aromatic heterocycles. The molecule has 0 amide bonds. The Morgan fingerprint density at radius 3 is 1.77 bits per heavy atom. The number of hydrogen-bond donors (Lipinski definition) is 0. The van der Waals surface area contributed by atoms with E-state index in [4.69, 9.17) is 14.2 Å². The van der Waals surface area contributed by atoms with Crippen molar-refractivity contribution in [3.63, 3.8) is 0 Å². The Kier molecular flexibility index (Phi) is 8.10. The smallest absolute Gasteiger partial charge is 0.333 e. The van der Waals surface area contributed by atoms with E-state index in [0.717, 1.165) is 5.56 Å². The third kappa shape index (κ3) is 6.75. The van der Waals surface area contributed by atoms with Crippen LogP contribution in [0, 0.1) is 12.3 Å². The summed E-state index contributed by atoms with van der Waals surface area (Å²) in [6, 6.07) is 7.64. The lowest BCUT2D eigenvalue weighted by Crippen LogP contribution is -2.39. The average molecular weight is 360 g/mol. The van der Waals surface area contributed by atoms with E-state index in [1.807, 2.05) is 38.1 Å². The molecule has 5 nitrogen and oxygen atoms in total. The monoisotopic (exact) mass is 360 g/mol. The van der Waals surface area contributed by atoms with Gasteiger partial charge in [0.1, 0.15) is 25.6 Å². The molecule has 0 aliphatic rings. The molecule has 0 atom stereocenters. The van der Waals surface area contributed by atoms with Crippen LogP contribution in [0.1, 0.15) is 32.8 Å². The molecule has 0 spiro atoms. The van der Waals surface area contributed by atoms with Gasteiger partial charge >= 0.3 is 11.9 Å². The minimum Gasteiger partial charge on any atom is -0.493 e. The maximum atomic E-state index is 11.8. The third-order valence-corrected chi connectivity index (χ3v) is 4.03. The lowest BCUT2D eigenvalue weighted by molar-refractivity contribution is -0.151. The maximum absolute atomic E-state index is 11.8. The zero-order chi connectivity index (χ0) is 19.7. The molecule has 0 aliphatic carbocycles. The minimum absolute atomic E-state index is 0.0600. The Bertz CT molecular complexity index is 627. The van der Waals surface area contributed by atoms with Crippen molar-refractivity contribution in [1.29, 1.82) is 0 Å². The fourth-order valence-corrected chi connectivity index (χ4v) is 1.99. The molecule has 0 unspecified atom stereocenters. The molecular weight excluding hydrogens is 332 g/mol. The fourth-order valence-electron chi connectivity index (χ4n) is 1.99. The lowest BCUT2D eigenvalue weighted by atomic mass is 9.88. The van der Waals surface area contributed by atoms with Crippen molar-refractivity contribution in [3.8, 4) is 5.75 Å². The van der Waals surface area contributed by atoms with Gasteiger partial charge in [-0.05, 0) is 39.3 Å². The average Bonchev–Trinajstić information content (AvgIpc) is 2.62. The second-order valence-electron chi connectivity index (χ2n) is 6.67. The van der Waals surface area contributed by atoms with Gasteiger partial charge in [0.25, 0.3) is 0 Å². The van der Waals surface area contributed by atoms with Gasteiger partial charge in [0.15, 0.2) is 0 Å². The van der Waals surface area contributed by atoms with E-state index in [1.165, 1.54) is 0 Å². The van der Waals surface area contributed by atoms with E-state index in [2.05, 4.69) is 13.2 Å². The van der Waals surface area contributed by atoms with Crippen LogP contribution in [0.3, 0.4) is 0 Å². The van der Waals surface area contributed by atoms with Gasteiger partial charge in [-0.15, -0.1) is 0 Å². The standard InChI is InChI=1S/C21H28O5/c1-7-21(13-25-19(22)15(2)3,14-26-20(23)16(4)5)12-24-18-10-8-17(6)9-11-18/h8-11H,2,4,7,12-14H2,1,3,5-6H3. The summed E-state index contributed by atoms with van der Waals surface area (Å²) in [7, 11) is 0. The van der Waals surface area contributed by atoms with Crippen molar-refractivity contribution >= 4 is 11.9 Å². The summed E-state index contributed by atoms with van der Waals surface area (Å²) in [6.45, 7) is 14.6. The molecule has 26 heavy (non-hydrogen) atoms. The molecule has 0 aliphatic heterocycles. The summed E-state index contributed by atoms with van der Waals surface area (Å²) in [5.74, 6) is -0.264. The first kappa shape index (κ1) is 21.5. The molecule has 0 bridgehead atoms. The Morgan fingerprint density at radius 2 is 1.38 bits per heavy atom. The Labute approximate surface area is 155 Å².